The number of fused-ring (bicyclic) bond motifs is 1. The molecule has 19 heavy (non-hydrogen) atoms. The van der Waals surface area contributed by atoms with E-state index in [0.717, 1.165) is 17.0 Å². The van der Waals surface area contributed by atoms with Crippen molar-refractivity contribution in [3.63, 3.8) is 0 Å². The molecular formula is C14H20N2O3. The third-order valence-electron chi connectivity index (χ3n) is 2.99. The van der Waals surface area contributed by atoms with Gasteiger partial charge in [0.25, 0.3) is 0 Å². The molecule has 1 amide bonds. The molecule has 1 aliphatic rings. The molecule has 2 rings (SSSR count). The Kier molecular flexibility index (Phi) is 3.66. The van der Waals surface area contributed by atoms with Gasteiger partial charge in [0.05, 0.1) is 0 Å². The molecule has 1 aromatic carbocycles. The number of nitrogens with two attached hydrogens (primary N) is 1. The van der Waals surface area contributed by atoms with Crippen LogP contribution in [0.15, 0.2) is 12.1 Å². The van der Waals surface area contributed by atoms with E-state index in [1.807, 2.05) is 26.8 Å². The predicted molar refractivity (Wildman–Crippen MR) is 73.4 cm³/mol. The normalized spacial score (nSPS) is 13.5. The van der Waals surface area contributed by atoms with E-state index < -0.39 is 0 Å². The molecule has 0 unspecified atom stereocenters. The SMILES string of the molecule is Cc1cc2c(cc1NC(=O)CCC(C)(C)N)OCO2. The molecule has 0 radical (unpaired) electrons. The molecule has 0 fully saturated rings. The summed E-state index contributed by atoms with van der Waals surface area (Å²) in [5, 5.41) is 2.88. The molecule has 1 heterocycles. The Morgan fingerprint density at radius 2 is 2.00 bits per heavy atom. The van der Waals surface area contributed by atoms with Gasteiger partial charge in [0.15, 0.2) is 11.5 Å². The van der Waals surface area contributed by atoms with Gasteiger partial charge in [0.1, 0.15) is 0 Å². The highest BCUT2D eigenvalue weighted by Gasteiger charge is 2.18. The Bertz CT molecular complexity index is 492. The summed E-state index contributed by atoms with van der Waals surface area (Å²) >= 11 is 0. The van der Waals surface area contributed by atoms with Crippen LogP contribution in [-0.2, 0) is 4.79 Å². The third kappa shape index (κ3) is 3.61. The Morgan fingerprint density at radius 3 is 2.63 bits per heavy atom. The second-order valence-corrected chi connectivity index (χ2v) is 5.56. The average Bonchev–Trinajstić information content (AvgIpc) is 2.73. The Labute approximate surface area is 113 Å². The molecule has 5 heteroatoms. The maximum atomic E-state index is 11.9. The fourth-order valence-electron chi connectivity index (χ4n) is 1.83. The molecule has 0 bridgehead atoms. The maximum Gasteiger partial charge on any atom is 0.231 e. The van der Waals surface area contributed by atoms with E-state index in [2.05, 4.69) is 5.32 Å². The lowest BCUT2D eigenvalue weighted by Gasteiger charge is -2.18. The maximum absolute atomic E-state index is 11.9. The van der Waals surface area contributed by atoms with Crippen molar-refractivity contribution in [3.8, 4) is 11.5 Å². The van der Waals surface area contributed by atoms with Gasteiger partial charge in [-0.05, 0) is 38.8 Å². The number of amides is 1. The Balaban J connectivity index is 2.01. The van der Waals surface area contributed by atoms with Gasteiger partial charge < -0.3 is 20.5 Å². The lowest BCUT2D eigenvalue weighted by atomic mass is 10.00. The molecule has 1 aromatic rings. The lowest BCUT2D eigenvalue weighted by molar-refractivity contribution is -0.116. The standard InChI is InChI=1S/C14H20N2O3/c1-9-6-11-12(19-8-18-11)7-10(9)16-13(17)4-5-14(2,3)15/h6-7H,4-5,8,15H2,1-3H3,(H,16,17). The van der Waals surface area contributed by atoms with Gasteiger partial charge in [0, 0.05) is 23.7 Å². The van der Waals surface area contributed by atoms with Gasteiger partial charge in [-0.25, -0.2) is 0 Å². The fourth-order valence-corrected chi connectivity index (χ4v) is 1.83. The van der Waals surface area contributed by atoms with E-state index >= 15 is 0 Å². The summed E-state index contributed by atoms with van der Waals surface area (Å²) < 4.78 is 10.6. The predicted octanol–water partition coefficient (Wildman–Crippen LogP) is 2.18. The number of carbonyl (C=O) groups excluding carboxylic acids is 1. The van der Waals surface area contributed by atoms with Gasteiger partial charge in [-0.3, -0.25) is 4.79 Å². The molecule has 1 aliphatic heterocycles. The zero-order chi connectivity index (χ0) is 14.0. The number of anilines is 1. The summed E-state index contributed by atoms with van der Waals surface area (Å²) in [5.41, 5.74) is 7.23. The first-order chi connectivity index (χ1) is 8.85. The number of hydrogen-bond acceptors (Lipinski definition) is 4. The molecule has 104 valence electrons. The van der Waals surface area contributed by atoms with Crippen LogP contribution in [0.5, 0.6) is 11.5 Å². The molecule has 0 saturated carbocycles. The van der Waals surface area contributed by atoms with Crippen LogP contribution in [0.4, 0.5) is 5.69 Å². The van der Waals surface area contributed by atoms with Crippen molar-refractivity contribution in [2.24, 2.45) is 5.73 Å². The molecule has 0 aliphatic carbocycles. The number of carbonyl (C=O) groups is 1. The monoisotopic (exact) mass is 264 g/mol. The largest absolute Gasteiger partial charge is 0.454 e. The van der Waals surface area contributed by atoms with Gasteiger partial charge in [-0.2, -0.15) is 0 Å². The molecular weight excluding hydrogens is 244 g/mol. The molecule has 5 nitrogen and oxygen atoms in total. The van der Waals surface area contributed by atoms with E-state index in [0.29, 0.717) is 18.6 Å². The number of rotatable bonds is 4. The number of benzene rings is 1. The van der Waals surface area contributed by atoms with E-state index in [4.69, 9.17) is 15.2 Å². The van der Waals surface area contributed by atoms with Crippen molar-refractivity contribution in [2.45, 2.75) is 39.2 Å². The number of hydrogen-bond donors (Lipinski definition) is 2. The summed E-state index contributed by atoms with van der Waals surface area (Å²) in [7, 11) is 0. The molecule has 3 N–H and O–H groups in total. The molecule has 0 aromatic heterocycles. The van der Waals surface area contributed by atoms with Crippen LogP contribution in [0.3, 0.4) is 0 Å². The number of ether oxygens (including phenoxy) is 2. The Hall–Kier alpha value is -1.75. The highest BCUT2D eigenvalue weighted by Crippen LogP contribution is 2.36. The third-order valence-corrected chi connectivity index (χ3v) is 2.99. The first-order valence-electron chi connectivity index (χ1n) is 6.34. The summed E-state index contributed by atoms with van der Waals surface area (Å²) in [6, 6.07) is 3.66. The van der Waals surface area contributed by atoms with Gasteiger partial charge in [-0.1, -0.05) is 0 Å². The van der Waals surface area contributed by atoms with Gasteiger partial charge in [-0.15, -0.1) is 0 Å². The van der Waals surface area contributed by atoms with Crippen molar-refractivity contribution in [1.29, 1.82) is 0 Å². The number of nitrogens with one attached hydrogen (secondary N) is 1. The quantitative estimate of drug-likeness (QED) is 0.874. The second kappa shape index (κ2) is 5.09. The highest BCUT2D eigenvalue weighted by atomic mass is 16.7. The molecule has 0 saturated heterocycles. The minimum atomic E-state index is -0.332. The lowest BCUT2D eigenvalue weighted by Crippen LogP contribution is -2.33. The Morgan fingerprint density at radius 1 is 1.37 bits per heavy atom. The van der Waals surface area contributed by atoms with Gasteiger partial charge >= 0.3 is 0 Å². The molecule has 0 spiro atoms. The van der Waals surface area contributed by atoms with Crippen LogP contribution in [0.2, 0.25) is 0 Å². The van der Waals surface area contributed by atoms with Crippen LogP contribution in [-0.4, -0.2) is 18.2 Å². The molecule has 0 atom stereocenters. The smallest absolute Gasteiger partial charge is 0.231 e. The first kappa shape index (κ1) is 13.7. The summed E-state index contributed by atoms with van der Waals surface area (Å²) in [5.74, 6) is 1.35. The van der Waals surface area contributed by atoms with E-state index in [9.17, 15) is 4.79 Å². The minimum absolute atomic E-state index is 0.0412. The van der Waals surface area contributed by atoms with Crippen molar-refractivity contribution in [1.82, 2.24) is 0 Å². The first-order valence-corrected chi connectivity index (χ1v) is 6.34. The van der Waals surface area contributed by atoms with E-state index in [1.54, 1.807) is 6.07 Å². The summed E-state index contributed by atoms with van der Waals surface area (Å²) in [6.07, 6.45) is 1.04. The van der Waals surface area contributed by atoms with Gasteiger partial charge in [0.2, 0.25) is 12.7 Å². The minimum Gasteiger partial charge on any atom is -0.454 e. The summed E-state index contributed by atoms with van der Waals surface area (Å²) in [4.78, 5) is 11.9. The van der Waals surface area contributed by atoms with Crippen molar-refractivity contribution < 1.29 is 14.3 Å². The van der Waals surface area contributed by atoms with Crippen molar-refractivity contribution in [2.75, 3.05) is 12.1 Å². The topological polar surface area (TPSA) is 73.6 Å². The van der Waals surface area contributed by atoms with E-state index in [-0.39, 0.29) is 18.2 Å². The zero-order valence-corrected chi connectivity index (χ0v) is 11.6. The van der Waals surface area contributed by atoms with Crippen molar-refractivity contribution in [3.05, 3.63) is 17.7 Å². The summed E-state index contributed by atoms with van der Waals surface area (Å²) in [6.45, 7) is 5.97. The fraction of sp³-hybridized carbons (Fsp3) is 0.500. The zero-order valence-electron chi connectivity index (χ0n) is 11.6. The van der Waals surface area contributed by atoms with Crippen LogP contribution >= 0.6 is 0 Å². The van der Waals surface area contributed by atoms with Crippen LogP contribution < -0.4 is 20.5 Å². The van der Waals surface area contributed by atoms with Crippen molar-refractivity contribution >= 4 is 11.6 Å². The van der Waals surface area contributed by atoms with E-state index in [1.165, 1.54) is 0 Å². The van der Waals surface area contributed by atoms with Crippen LogP contribution in [0.25, 0.3) is 0 Å². The van der Waals surface area contributed by atoms with Crippen LogP contribution in [0.1, 0.15) is 32.3 Å². The number of aryl methyl sites for hydroxylation is 1. The average molecular weight is 264 g/mol. The van der Waals surface area contributed by atoms with Crippen LogP contribution in [0, 0.1) is 6.92 Å². The highest BCUT2D eigenvalue weighted by molar-refractivity contribution is 5.92. The second-order valence-electron chi connectivity index (χ2n) is 5.56.